The normalized spacial score (nSPS) is 11.0. The van der Waals surface area contributed by atoms with E-state index in [1.165, 1.54) is 16.8 Å². The first kappa shape index (κ1) is 22.6. The van der Waals surface area contributed by atoms with Crippen molar-refractivity contribution in [2.24, 2.45) is 0 Å². The van der Waals surface area contributed by atoms with Gasteiger partial charge in [0, 0.05) is 6.42 Å². The fourth-order valence-corrected chi connectivity index (χ4v) is 3.66. The number of anilines is 1. The molecule has 0 aliphatic heterocycles. The van der Waals surface area contributed by atoms with Gasteiger partial charge in [-0.15, -0.1) is 0 Å². The van der Waals surface area contributed by atoms with E-state index >= 15 is 0 Å². The van der Waals surface area contributed by atoms with E-state index in [9.17, 15) is 19.3 Å². The number of benzene rings is 1. The number of hydrogen-bond acceptors (Lipinski definition) is 5. The Bertz CT molecular complexity index is 1120. The van der Waals surface area contributed by atoms with Crippen molar-refractivity contribution in [1.82, 2.24) is 19.6 Å². The Morgan fingerprint density at radius 1 is 1.16 bits per heavy atom. The molecule has 0 bridgehead atoms. The molecule has 0 radical (unpaired) electrons. The molecule has 0 aliphatic carbocycles. The summed E-state index contributed by atoms with van der Waals surface area (Å²) in [6, 6.07) is 6.20. The largest absolute Gasteiger partial charge is 0.404 e. The monoisotopic (exact) mass is 492 g/mol. The Balaban J connectivity index is 1.59. The molecule has 3 aromatic rings. The van der Waals surface area contributed by atoms with Crippen LogP contribution in [-0.2, 0) is 17.9 Å². The van der Waals surface area contributed by atoms with E-state index in [1.807, 2.05) is 13.8 Å². The minimum absolute atomic E-state index is 0.175. The summed E-state index contributed by atoms with van der Waals surface area (Å²) in [6.07, 6.45) is 0.701. The van der Waals surface area contributed by atoms with Crippen molar-refractivity contribution in [1.29, 1.82) is 0 Å². The third-order valence-electron chi connectivity index (χ3n) is 4.95. The SMILES string of the molecule is Cc1nn(Cc2ccc(F)cc2)c(C)c1NC(=O)CCCn1nc([N+](=O)[O-])c(Br)c1C. The maximum Gasteiger partial charge on any atom is 0.404 e. The summed E-state index contributed by atoms with van der Waals surface area (Å²) < 4.78 is 16.7. The topological polar surface area (TPSA) is 108 Å². The fourth-order valence-electron chi connectivity index (χ4n) is 3.23. The van der Waals surface area contributed by atoms with Crippen LogP contribution in [0.15, 0.2) is 28.7 Å². The van der Waals surface area contributed by atoms with Gasteiger partial charge < -0.3 is 15.4 Å². The van der Waals surface area contributed by atoms with E-state index in [4.69, 9.17) is 0 Å². The molecule has 1 aromatic carbocycles. The lowest BCUT2D eigenvalue weighted by molar-refractivity contribution is -0.390. The summed E-state index contributed by atoms with van der Waals surface area (Å²) in [5, 5.41) is 22.3. The number of aryl methyl sites for hydroxylation is 2. The van der Waals surface area contributed by atoms with E-state index in [0.29, 0.717) is 41.1 Å². The standard InChI is InChI=1S/C20H22BrFN6O3/c1-12-19(14(3)27(24-12)11-15-6-8-16(22)9-7-15)23-17(29)5-4-10-26-13(2)18(21)20(25-26)28(30)31/h6-9H,4-5,10-11H2,1-3H3,(H,23,29). The van der Waals surface area contributed by atoms with Gasteiger partial charge in [-0.05, 0) is 65.7 Å². The highest BCUT2D eigenvalue weighted by molar-refractivity contribution is 9.10. The number of aromatic nitrogens is 4. The number of carbonyl (C=O) groups excluding carboxylic acids is 1. The molecular formula is C20H22BrFN6O3. The molecule has 0 saturated heterocycles. The maximum atomic E-state index is 13.1. The van der Waals surface area contributed by atoms with Crippen molar-refractivity contribution >= 4 is 33.3 Å². The molecule has 2 heterocycles. The summed E-state index contributed by atoms with van der Waals surface area (Å²) in [6.45, 7) is 6.26. The first-order valence-corrected chi connectivity index (χ1v) is 10.4. The minimum atomic E-state index is -0.546. The summed E-state index contributed by atoms with van der Waals surface area (Å²) in [7, 11) is 0. The van der Waals surface area contributed by atoms with Crippen LogP contribution in [0.25, 0.3) is 0 Å². The number of rotatable bonds is 8. The zero-order valence-corrected chi connectivity index (χ0v) is 18.9. The summed E-state index contributed by atoms with van der Waals surface area (Å²) >= 11 is 3.18. The van der Waals surface area contributed by atoms with Gasteiger partial charge in [0.1, 0.15) is 10.3 Å². The molecule has 0 saturated carbocycles. The highest BCUT2D eigenvalue weighted by Crippen LogP contribution is 2.27. The summed E-state index contributed by atoms with van der Waals surface area (Å²) in [4.78, 5) is 22.9. The van der Waals surface area contributed by atoms with Gasteiger partial charge in [-0.2, -0.15) is 9.78 Å². The van der Waals surface area contributed by atoms with Crippen molar-refractivity contribution in [2.45, 2.75) is 46.7 Å². The van der Waals surface area contributed by atoms with E-state index in [1.54, 1.807) is 23.7 Å². The van der Waals surface area contributed by atoms with Crippen LogP contribution in [0, 0.1) is 36.7 Å². The van der Waals surface area contributed by atoms with Gasteiger partial charge in [0.25, 0.3) is 0 Å². The second-order valence-electron chi connectivity index (χ2n) is 7.18. The van der Waals surface area contributed by atoms with Gasteiger partial charge in [-0.25, -0.2) is 4.39 Å². The van der Waals surface area contributed by atoms with E-state index in [2.05, 4.69) is 31.4 Å². The van der Waals surface area contributed by atoms with E-state index in [-0.39, 0.29) is 24.0 Å². The number of nitrogens with zero attached hydrogens (tertiary/aromatic N) is 5. The van der Waals surface area contributed by atoms with E-state index in [0.717, 1.165) is 11.3 Å². The lowest BCUT2D eigenvalue weighted by atomic mass is 10.2. The van der Waals surface area contributed by atoms with Crippen molar-refractivity contribution in [3.05, 3.63) is 67.3 Å². The average Bonchev–Trinajstić information content (AvgIpc) is 3.15. The number of halogens is 2. The van der Waals surface area contributed by atoms with Crippen LogP contribution in [-0.4, -0.2) is 30.4 Å². The van der Waals surface area contributed by atoms with Crippen molar-refractivity contribution in [2.75, 3.05) is 5.32 Å². The van der Waals surface area contributed by atoms with Gasteiger partial charge in [0.2, 0.25) is 5.91 Å². The second kappa shape index (κ2) is 9.38. The minimum Gasteiger partial charge on any atom is -0.358 e. The summed E-state index contributed by atoms with van der Waals surface area (Å²) in [5.41, 5.74) is 3.69. The first-order valence-electron chi connectivity index (χ1n) is 9.63. The van der Waals surface area contributed by atoms with Gasteiger partial charge in [-0.1, -0.05) is 12.1 Å². The zero-order valence-electron chi connectivity index (χ0n) is 17.4. The van der Waals surface area contributed by atoms with Gasteiger partial charge in [-0.3, -0.25) is 9.48 Å². The Morgan fingerprint density at radius 2 is 1.84 bits per heavy atom. The molecule has 0 spiro atoms. The number of hydrogen-bond donors (Lipinski definition) is 1. The molecule has 164 valence electrons. The molecule has 31 heavy (non-hydrogen) atoms. The Morgan fingerprint density at radius 3 is 2.45 bits per heavy atom. The van der Waals surface area contributed by atoms with E-state index < -0.39 is 4.92 Å². The Hall–Kier alpha value is -3.08. The lowest BCUT2D eigenvalue weighted by Crippen LogP contribution is -2.14. The molecule has 3 rings (SSSR count). The highest BCUT2D eigenvalue weighted by Gasteiger charge is 2.23. The molecule has 11 heteroatoms. The van der Waals surface area contributed by atoms with Crippen molar-refractivity contribution < 1.29 is 14.1 Å². The molecule has 0 aliphatic rings. The molecule has 0 fully saturated rings. The highest BCUT2D eigenvalue weighted by atomic mass is 79.9. The lowest BCUT2D eigenvalue weighted by Gasteiger charge is -2.07. The van der Waals surface area contributed by atoms with Crippen LogP contribution in [0.1, 0.15) is 35.5 Å². The number of carbonyl (C=O) groups is 1. The molecule has 0 unspecified atom stereocenters. The maximum absolute atomic E-state index is 13.1. The van der Waals surface area contributed by atoms with Crippen LogP contribution in [0.3, 0.4) is 0 Å². The predicted molar refractivity (Wildman–Crippen MR) is 116 cm³/mol. The fraction of sp³-hybridized carbons (Fsp3) is 0.350. The zero-order chi connectivity index (χ0) is 22.7. The van der Waals surface area contributed by atoms with Crippen molar-refractivity contribution in [3.8, 4) is 0 Å². The first-order chi connectivity index (χ1) is 14.7. The average molecular weight is 493 g/mol. The number of nitrogens with one attached hydrogen (secondary N) is 1. The second-order valence-corrected chi connectivity index (χ2v) is 7.98. The van der Waals surface area contributed by atoms with Crippen LogP contribution in [0.2, 0.25) is 0 Å². The molecule has 9 nitrogen and oxygen atoms in total. The van der Waals surface area contributed by atoms with Crippen LogP contribution >= 0.6 is 15.9 Å². The van der Waals surface area contributed by atoms with Crippen LogP contribution in [0.5, 0.6) is 0 Å². The summed E-state index contributed by atoms with van der Waals surface area (Å²) in [5.74, 6) is -0.704. The Labute approximate surface area is 186 Å². The molecule has 0 atom stereocenters. The van der Waals surface area contributed by atoms with Crippen LogP contribution in [0.4, 0.5) is 15.9 Å². The van der Waals surface area contributed by atoms with Crippen LogP contribution < -0.4 is 5.32 Å². The smallest absolute Gasteiger partial charge is 0.358 e. The molecule has 1 N–H and O–H groups in total. The quantitative estimate of drug-likeness (QED) is 0.372. The Kier molecular flexibility index (Phi) is 6.84. The van der Waals surface area contributed by atoms with Gasteiger partial charge in [0.15, 0.2) is 0 Å². The molecule has 2 aromatic heterocycles. The molecular weight excluding hydrogens is 471 g/mol. The van der Waals surface area contributed by atoms with Gasteiger partial charge in [0.05, 0.1) is 41.0 Å². The van der Waals surface area contributed by atoms with Crippen molar-refractivity contribution in [3.63, 3.8) is 0 Å². The third kappa shape index (κ3) is 5.16. The predicted octanol–water partition coefficient (Wildman–Crippen LogP) is 4.28. The number of amides is 1. The number of nitro groups is 1. The third-order valence-corrected chi connectivity index (χ3v) is 5.88. The van der Waals surface area contributed by atoms with Gasteiger partial charge >= 0.3 is 5.82 Å². The molecule has 1 amide bonds.